The molecular formula is C26H27ClN2O5S. The van der Waals surface area contributed by atoms with Crippen molar-refractivity contribution in [3.8, 4) is 11.5 Å². The van der Waals surface area contributed by atoms with E-state index in [9.17, 15) is 14.4 Å². The Morgan fingerprint density at radius 3 is 2.54 bits per heavy atom. The van der Waals surface area contributed by atoms with Crippen LogP contribution in [0.15, 0.2) is 54.0 Å². The van der Waals surface area contributed by atoms with Crippen LogP contribution >= 0.6 is 23.4 Å². The highest BCUT2D eigenvalue weighted by molar-refractivity contribution is 8.18. The quantitative estimate of drug-likeness (QED) is 0.304. The minimum Gasteiger partial charge on any atom is -0.490 e. The van der Waals surface area contributed by atoms with Crippen molar-refractivity contribution >= 4 is 52.2 Å². The summed E-state index contributed by atoms with van der Waals surface area (Å²) < 4.78 is 11.2. The summed E-state index contributed by atoms with van der Waals surface area (Å²) in [7, 11) is 0. The molecule has 1 saturated heterocycles. The zero-order valence-electron chi connectivity index (χ0n) is 19.8. The van der Waals surface area contributed by atoms with Crippen LogP contribution in [0.4, 0.5) is 10.5 Å². The summed E-state index contributed by atoms with van der Waals surface area (Å²) in [4.78, 5) is 38.9. The molecule has 184 valence electrons. The molecule has 0 radical (unpaired) electrons. The highest BCUT2D eigenvalue weighted by Gasteiger charge is 2.36. The van der Waals surface area contributed by atoms with E-state index in [0.717, 1.165) is 22.2 Å². The second-order valence-electron chi connectivity index (χ2n) is 7.96. The molecular weight excluding hydrogens is 488 g/mol. The lowest BCUT2D eigenvalue weighted by Gasteiger charge is -2.14. The Hall–Kier alpha value is -3.23. The number of thioether (sulfide) groups is 1. The van der Waals surface area contributed by atoms with Gasteiger partial charge >= 0.3 is 0 Å². The van der Waals surface area contributed by atoms with Gasteiger partial charge in [0.25, 0.3) is 11.1 Å². The number of carbonyl (C=O) groups excluding carboxylic acids is 3. The topological polar surface area (TPSA) is 84.9 Å². The van der Waals surface area contributed by atoms with Crippen molar-refractivity contribution in [2.75, 3.05) is 25.1 Å². The molecule has 1 N–H and O–H groups in total. The second-order valence-corrected chi connectivity index (χ2v) is 9.36. The van der Waals surface area contributed by atoms with Gasteiger partial charge in [-0.3, -0.25) is 19.3 Å². The molecule has 1 heterocycles. The normalized spacial score (nSPS) is 14.5. The molecule has 2 aromatic carbocycles. The van der Waals surface area contributed by atoms with Crippen LogP contribution in [-0.2, 0) is 9.59 Å². The number of nitrogens with one attached hydrogen (secondary N) is 1. The average molecular weight is 515 g/mol. The maximum absolute atomic E-state index is 12.9. The molecule has 0 aromatic heterocycles. The zero-order chi connectivity index (χ0) is 25.5. The van der Waals surface area contributed by atoms with Crippen molar-refractivity contribution in [2.24, 2.45) is 0 Å². The summed E-state index contributed by atoms with van der Waals surface area (Å²) in [6.45, 7) is 9.86. The van der Waals surface area contributed by atoms with E-state index in [4.69, 9.17) is 21.1 Å². The first-order chi connectivity index (χ1) is 16.7. The van der Waals surface area contributed by atoms with Gasteiger partial charge in [-0.2, -0.15) is 0 Å². The SMILES string of the molecule is C=CCOc1c(Cl)cc(/C=C2/SC(=O)N(CC(=O)Nc3ccc(C(C)C)cc3)C2=O)cc1OCC. The molecule has 0 aliphatic carbocycles. The lowest BCUT2D eigenvalue weighted by molar-refractivity contribution is -0.127. The Kier molecular flexibility index (Phi) is 9.01. The van der Waals surface area contributed by atoms with E-state index in [-0.39, 0.29) is 18.1 Å². The Bertz CT molecular complexity index is 1160. The number of hydrogen-bond donors (Lipinski definition) is 1. The smallest absolute Gasteiger partial charge is 0.294 e. The molecule has 35 heavy (non-hydrogen) atoms. The zero-order valence-corrected chi connectivity index (χ0v) is 21.4. The van der Waals surface area contributed by atoms with Gasteiger partial charge in [0.2, 0.25) is 5.91 Å². The fourth-order valence-electron chi connectivity index (χ4n) is 3.30. The van der Waals surface area contributed by atoms with Crippen LogP contribution in [0.3, 0.4) is 0 Å². The third-order valence-corrected chi connectivity index (χ3v) is 6.20. The third-order valence-electron chi connectivity index (χ3n) is 5.01. The van der Waals surface area contributed by atoms with Crippen LogP contribution in [0.2, 0.25) is 5.02 Å². The lowest BCUT2D eigenvalue weighted by Crippen LogP contribution is -2.36. The van der Waals surface area contributed by atoms with Crippen molar-refractivity contribution < 1.29 is 23.9 Å². The van der Waals surface area contributed by atoms with E-state index in [2.05, 4.69) is 25.7 Å². The number of ether oxygens (including phenoxy) is 2. The van der Waals surface area contributed by atoms with Gasteiger partial charge in [-0.05, 0) is 66.1 Å². The van der Waals surface area contributed by atoms with Gasteiger partial charge in [-0.1, -0.05) is 50.2 Å². The summed E-state index contributed by atoms with van der Waals surface area (Å²) in [5.41, 5.74) is 2.30. The van der Waals surface area contributed by atoms with Gasteiger partial charge in [-0.25, -0.2) is 0 Å². The minimum atomic E-state index is -0.550. The molecule has 1 aliphatic heterocycles. The van der Waals surface area contributed by atoms with Gasteiger partial charge in [-0.15, -0.1) is 0 Å². The van der Waals surface area contributed by atoms with Gasteiger partial charge < -0.3 is 14.8 Å². The Labute approximate surface area is 214 Å². The van der Waals surface area contributed by atoms with Crippen LogP contribution < -0.4 is 14.8 Å². The molecule has 7 nitrogen and oxygen atoms in total. The van der Waals surface area contributed by atoms with Crippen molar-refractivity contribution in [1.29, 1.82) is 0 Å². The summed E-state index contributed by atoms with van der Waals surface area (Å²) in [5.74, 6) is 0.145. The number of hydrogen-bond acceptors (Lipinski definition) is 6. The number of imide groups is 1. The Morgan fingerprint density at radius 2 is 1.91 bits per heavy atom. The molecule has 9 heteroatoms. The molecule has 1 fully saturated rings. The standard InChI is InChI=1S/C26H27ClN2O5S/c1-5-11-34-24-20(27)12-17(13-21(24)33-6-2)14-22-25(31)29(26(32)35-22)15-23(30)28-19-9-7-18(8-10-19)16(3)4/h5,7-10,12-14,16H,1,6,11,15H2,2-4H3,(H,28,30)/b22-14+. The van der Waals surface area contributed by atoms with Crippen LogP contribution in [-0.4, -0.2) is 41.7 Å². The molecule has 2 aromatic rings. The van der Waals surface area contributed by atoms with Crippen LogP contribution in [0, 0.1) is 0 Å². The molecule has 1 aliphatic rings. The van der Waals surface area contributed by atoms with Crippen molar-refractivity contribution in [3.63, 3.8) is 0 Å². The monoisotopic (exact) mass is 514 g/mol. The highest BCUT2D eigenvalue weighted by atomic mass is 35.5. The maximum atomic E-state index is 12.9. The van der Waals surface area contributed by atoms with Crippen LogP contribution in [0.1, 0.15) is 37.8 Å². The molecule has 3 rings (SSSR count). The number of rotatable bonds is 10. The Morgan fingerprint density at radius 1 is 1.20 bits per heavy atom. The molecule has 0 saturated carbocycles. The average Bonchev–Trinajstić information content (AvgIpc) is 3.06. The predicted octanol–water partition coefficient (Wildman–Crippen LogP) is 6.10. The summed E-state index contributed by atoms with van der Waals surface area (Å²) >= 11 is 7.13. The highest BCUT2D eigenvalue weighted by Crippen LogP contribution is 2.39. The summed E-state index contributed by atoms with van der Waals surface area (Å²) in [5, 5.41) is 2.50. The minimum absolute atomic E-state index is 0.183. The van der Waals surface area contributed by atoms with Gasteiger partial charge in [0.1, 0.15) is 13.2 Å². The van der Waals surface area contributed by atoms with E-state index in [1.165, 1.54) is 0 Å². The van der Waals surface area contributed by atoms with Crippen LogP contribution in [0.25, 0.3) is 6.08 Å². The summed E-state index contributed by atoms with van der Waals surface area (Å²) in [6, 6.07) is 10.7. The Balaban J connectivity index is 1.73. The lowest BCUT2D eigenvalue weighted by atomic mass is 10.0. The number of anilines is 1. The maximum Gasteiger partial charge on any atom is 0.294 e. The molecule has 0 unspecified atom stereocenters. The second kappa shape index (κ2) is 12.0. The van der Waals surface area contributed by atoms with E-state index < -0.39 is 17.1 Å². The van der Waals surface area contributed by atoms with Crippen LogP contribution in [0.5, 0.6) is 11.5 Å². The van der Waals surface area contributed by atoms with Gasteiger partial charge in [0, 0.05) is 5.69 Å². The fraction of sp³-hybridized carbons (Fsp3) is 0.269. The first-order valence-electron chi connectivity index (χ1n) is 11.1. The number of amides is 3. The first-order valence-corrected chi connectivity index (χ1v) is 12.3. The molecule has 0 bridgehead atoms. The fourth-order valence-corrected chi connectivity index (χ4v) is 4.41. The largest absolute Gasteiger partial charge is 0.490 e. The molecule has 0 spiro atoms. The van der Waals surface area contributed by atoms with Crippen molar-refractivity contribution in [3.05, 3.63) is 70.1 Å². The van der Waals surface area contributed by atoms with E-state index in [1.807, 2.05) is 19.1 Å². The molecule has 3 amide bonds. The van der Waals surface area contributed by atoms with Gasteiger partial charge in [0.05, 0.1) is 16.5 Å². The predicted molar refractivity (Wildman–Crippen MR) is 140 cm³/mol. The number of nitrogens with zero attached hydrogens (tertiary/aromatic N) is 1. The van der Waals surface area contributed by atoms with E-state index >= 15 is 0 Å². The van der Waals surface area contributed by atoms with E-state index in [1.54, 1.807) is 36.4 Å². The van der Waals surface area contributed by atoms with E-state index in [0.29, 0.717) is 40.3 Å². The number of benzene rings is 2. The van der Waals surface area contributed by atoms with Gasteiger partial charge in [0.15, 0.2) is 11.5 Å². The molecule has 0 atom stereocenters. The number of halogens is 1. The number of carbonyl (C=O) groups is 3. The third kappa shape index (κ3) is 6.68. The van der Waals surface area contributed by atoms with Crippen molar-refractivity contribution in [1.82, 2.24) is 4.90 Å². The van der Waals surface area contributed by atoms with Crippen molar-refractivity contribution in [2.45, 2.75) is 26.7 Å². The first kappa shape index (κ1) is 26.4. The summed E-state index contributed by atoms with van der Waals surface area (Å²) in [6.07, 6.45) is 3.13.